The van der Waals surface area contributed by atoms with Gasteiger partial charge in [-0.3, -0.25) is 0 Å². The zero-order valence-corrected chi connectivity index (χ0v) is 18.5. The smallest absolute Gasteiger partial charge is 0.338 e. The molecule has 0 fully saturated rings. The number of nitriles is 2. The summed E-state index contributed by atoms with van der Waals surface area (Å²) in [5.74, 6) is -0.851. The van der Waals surface area contributed by atoms with Crippen molar-refractivity contribution in [2.24, 2.45) is 11.8 Å². The average Bonchev–Trinajstić information content (AvgIpc) is 2.72. The van der Waals surface area contributed by atoms with Crippen molar-refractivity contribution < 1.29 is 9.53 Å². The highest BCUT2D eigenvalue weighted by Gasteiger charge is 2.30. The number of ether oxygens (including phenoxy) is 1. The van der Waals surface area contributed by atoms with Gasteiger partial charge in [0.25, 0.3) is 0 Å². The number of hydrogen-bond acceptors (Lipinski definition) is 4. The number of unbranched alkanes of at least 4 members (excludes halogenated alkanes) is 2. The van der Waals surface area contributed by atoms with E-state index < -0.39 is 5.92 Å². The van der Waals surface area contributed by atoms with E-state index in [4.69, 9.17) is 4.74 Å². The maximum Gasteiger partial charge on any atom is 0.338 e. The molecule has 158 valence electrons. The molecule has 29 heavy (non-hydrogen) atoms. The third-order valence-electron chi connectivity index (χ3n) is 5.52. The molecule has 0 saturated carbocycles. The van der Waals surface area contributed by atoms with Crippen LogP contribution in [0.2, 0.25) is 0 Å². The first-order chi connectivity index (χ1) is 14.0. The van der Waals surface area contributed by atoms with Crippen molar-refractivity contribution in [3.63, 3.8) is 0 Å². The van der Waals surface area contributed by atoms with Gasteiger partial charge in [-0.1, -0.05) is 71.4 Å². The number of esters is 1. The van der Waals surface area contributed by atoms with Gasteiger partial charge in [0.2, 0.25) is 0 Å². The highest BCUT2D eigenvalue weighted by atomic mass is 16.5. The van der Waals surface area contributed by atoms with E-state index in [9.17, 15) is 15.3 Å². The van der Waals surface area contributed by atoms with E-state index in [1.807, 2.05) is 19.1 Å². The lowest BCUT2D eigenvalue weighted by atomic mass is 9.74. The van der Waals surface area contributed by atoms with Crippen molar-refractivity contribution in [1.82, 2.24) is 0 Å². The highest BCUT2D eigenvalue weighted by Crippen LogP contribution is 2.37. The summed E-state index contributed by atoms with van der Waals surface area (Å²) in [7, 11) is 0. The second kappa shape index (κ2) is 13.8. The molecule has 0 radical (unpaired) electrons. The molecule has 0 aromatic heterocycles. The summed E-state index contributed by atoms with van der Waals surface area (Å²) in [6.07, 6.45) is 8.14. The van der Waals surface area contributed by atoms with E-state index in [0.29, 0.717) is 5.56 Å². The van der Waals surface area contributed by atoms with Crippen LogP contribution >= 0.6 is 0 Å². The standard InChI is InChI=1S/C25H36N2O2/c1-5-8-9-12-19(4)29-25(28)22-15-13-21(14-16-22)24(23(17-26)18-27)20(10-6-2)11-7-3/h13-16,19-20,23-24H,5-12H2,1-4H3. The van der Waals surface area contributed by atoms with Crippen LogP contribution in [-0.2, 0) is 4.74 Å². The average molecular weight is 397 g/mol. The summed E-state index contributed by atoms with van der Waals surface area (Å²) >= 11 is 0. The number of carbonyl (C=O) groups is 1. The molecule has 4 nitrogen and oxygen atoms in total. The predicted octanol–water partition coefficient (Wildman–Crippen LogP) is 6.78. The molecule has 0 spiro atoms. The third kappa shape index (κ3) is 7.90. The Morgan fingerprint density at radius 1 is 0.931 bits per heavy atom. The molecule has 0 aliphatic carbocycles. The minimum Gasteiger partial charge on any atom is -0.459 e. The quantitative estimate of drug-likeness (QED) is 0.272. The van der Waals surface area contributed by atoms with Gasteiger partial charge in [0, 0.05) is 5.92 Å². The molecule has 0 aliphatic heterocycles. The van der Waals surface area contributed by atoms with Crippen LogP contribution in [-0.4, -0.2) is 12.1 Å². The first-order valence-corrected chi connectivity index (χ1v) is 11.1. The van der Waals surface area contributed by atoms with E-state index >= 15 is 0 Å². The Morgan fingerprint density at radius 3 is 2.00 bits per heavy atom. The molecule has 2 atom stereocenters. The van der Waals surface area contributed by atoms with Crippen LogP contribution in [0.4, 0.5) is 0 Å². The normalized spacial score (nSPS) is 13.0. The molecule has 2 unspecified atom stereocenters. The number of hydrogen-bond donors (Lipinski definition) is 0. The first-order valence-electron chi connectivity index (χ1n) is 11.1. The third-order valence-corrected chi connectivity index (χ3v) is 5.52. The van der Waals surface area contributed by atoms with Gasteiger partial charge in [0.05, 0.1) is 23.8 Å². The molecule has 0 heterocycles. The lowest BCUT2D eigenvalue weighted by Crippen LogP contribution is -2.21. The minimum atomic E-state index is -0.686. The van der Waals surface area contributed by atoms with Gasteiger partial charge in [-0.25, -0.2) is 4.79 Å². The zero-order valence-electron chi connectivity index (χ0n) is 18.5. The van der Waals surface area contributed by atoms with Crippen LogP contribution in [0.3, 0.4) is 0 Å². The van der Waals surface area contributed by atoms with Gasteiger partial charge in [0.15, 0.2) is 0 Å². The number of nitrogens with zero attached hydrogens (tertiary/aromatic N) is 2. The Kier molecular flexibility index (Phi) is 11.7. The van der Waals surface area contributed by atoms with E-state index in [0.717, 1.165) is 56.9 Å². The summed E-state index contributed by atoms with van der Waals surface area (Å²) in [5, 5.41) is 19.1. The summed E-state index contributed by atoms with van der Waals surface area (Å²) in [4.78, 5) is 12.4. The van der Waals surface area contributed by atoms with Crippen LogP contribution in [0.5, 0.6) is 0 Å². The van der Waals surface area contributed by atoms with Crippen molar-refractivity contribution in [2.45, 2.75) is 91.1 Å². The summed E-state index contributed by atoms with van der Waals surface area (Å²) < 4.78 is 5.55. The molecule has 0 amide bonds. The van der Waals surface area contributed by atoms with E-state index in [-0.39, 0.29) is 23.9 Å². The van der Waals surface area contributed by atoms with Crippen molar-refractivity contribution in [2.75, 3.05) is 0 Å². The van der Waals surface area contributed by atoms with Gasteiger partial charge >= 0.3 is 5.97 Å². The fourth-order valence-electron chi connectivity index (χ4n) is 4.00. The van der Waals surface area contributed by atoms with Gasteiger partial charge in [0.1, 0.15) is 5.92 Å². The Hall–Kier alpha value is -2.33. The maximum atomic E-state index is 12.4. The molecule has 1 aromatic rings. The predicted molar refractivity (Wildman–Crippen MR) is 116 cm³/mol. The first kappa shape index (κ1) is 24.7. The molecule has 4 heteroatoms. The minimum absolute atomic E-state index is 0.0958. The number of carbonyl (C=O) groups excluding carboxylic acids is 1. The monoisotopic (exact) mass is 396 g/mol. The topological polar surface area (TPSA) is 73.9 Å². The van der Waals surface area contributed by atoms with E-state index in [1.54, 1.807) is 12.1 Å². The Labute approximate surface area is 176 Å². The number of benzene rings is 1. The zero-order chi connectivity index (χ0) is 21.6. The van der Waals surface area contributed by atoms with Crippen molar-refractivity contribution in [3.05, 3.63) is 35.4 Å². The SMILES string of the molecule is CCCCCC(C)OC(=O)c1ccc(C(C(C#N)C#N)C(CCC)CCC)cc1. The summed E-state index contributed by atoms with van der Waals surface area (Å²) in [5.41, 5.74) is 1.47. The molecule has 0 bridgehead atoms. The van der Waals surface area contributed by atoms with Gasteiger partial charge in [-0.05, 0) is 43.4 Å². The van der Waals surface area contributed by atoms with Crippen LogP contribution in [0.15, 0.2) is 24.3 Å². The van der Waals surface area contributed by atoms with E-state index in [1.165, 1.54) is 0 Å². The second-order valence-corrected chi connectivity index (χ2v) is 7.93. The van der Waals surface area contributed by atoms with Crippen molar-refractivity contribution in [3.8, 4) is 12.1 Å². The maximum absolute atomic E-state index is 12.4. The van der Waals surface area contributed by atoms with Crippen LogP contribution in [0, 0.1) is 34.5 Å². The van der Waals surface area contributed by atoms with E-state index in [2.05, 4.69) is 32.9 Å². The lowest BCUT2D eigenvalue weighted by molar-refractivity contribution is 0.0319. The van der Waals surface area contributed by atoms with Crippen LogP contribution in [0.1, 0.15) is 101 Å². The van der Waals surface area contributed by atoms with Gasteiger partial charge in [-0.2, -0.15) is 10.5 Å². The van der Waals surface area contributed by atoms with Crippen LogP contribution in [0.25, 0.3) is 0 Å². The van der Waals surface area contributed by atoms with Gasteiger partial charge in [-0.15, -0.1) is 0 Å². The largest absolute Gasteiger partial charge is 0.459 e. The molecule has 1 rings (SSSR count). The molecular weight excluding hydrogens is 360 g/mol. The van der Waals surface area contributed by atoms with Crippen molar-refractivity contribution >= 4 is 5.97 Å². The summed E-state index contributed by atoms with van der Waals surface area (Å²) in [6, 6.07) is 11.7. The highest BCUT2D eigenvalue weighted by molar-refractivity contribution is 5.89. The molecular formula is C25H36N2O2. The Bertz CT molecular complexity index is 664. The Balaban J connectivity index is 2.97. The van der Waals surface area contributed by atoms with Crippen LogP contribution < -0.4 is 0 Å². The molecule has 1 aromatic carbocycles. The Morgan fingerprint density at radius 2 is 1.52 bits per heavy atom. The van der Waals surface area contributed by atoms with Gasteiger partial charge < -0.3 is 4.74 Å². The summed E-state index contributed by atoms with van der Waals surface area (Å²) in [6.45, 7) is 8.35. The number of rotatable bonds is 13. The van der Waals surface area contributed by atoms with Crippen molar-refractivity contribution in [1.29, 1.82) is 10.5 Å². The fraction of sp³-hybridized carbons (Fsp3) is 0.640. The molecule has 0 N–H and O–H groups in total. The second-order valence-electron chi connectivity index (χ2n) is 7.93. The molecule has 0 saturated heterocycles. The lowest BCUT2D eigenvalue weighted by Gasteiger charge is -2.28. The fourth-order valence-corrected chi connectivity index (χ4v) is 4.00. The molecule has 0 aliphatic rings.